The van der Waals surface area contributed by atoms with Gasteiger partial charge in [0.25, 0.3) is 0 Å². The van der Waals surface area contributed by atoms with Gasteiger partial charge in [0, 0.05) is 12.0 Å². The van der Waals surface area contributed by atoms with Crippen molar-refractivity contribution in [2.45, 2.75) is 19.8 Å². The summed E-state index contributed by atoms with van der Waals surface area (Å²) in [6.07, 6.45) is 1.59. The molecule has 94 valence electrons. The average Bonchev–Trinajstić information content (AvgIpc) is 2.32. The Bertz CT molecular complexity index is 573. The summed E-state index contributed by atoms with van der Waals surface area (Å²) in [6, 6.07) is 5.63. The Morgan fingerprint density at radius 3 is 2.72 bits per heavy atom. The van der Waals surface area contributed by atoms with E-state index in [1.165, 1.54) is 12.1 Å². The number of hydrogen-bond donors (Lipinski definition) is 0. The summed E-state index contributed by atoms with van der Waals surface area (Å²) in [7, 11) is 0. The van der Waals surface area contributed by atoms with E-state index in [0.29, 0.717) is 22.5 Å². The second kappa shape index (κ2) is 5.52. The van der Waals surface area contributed by atoms with Crippen LogP contribution in [0.1, 0.15) is 19.2 Å². The summed E-state index contributed by atoms with van der Waals surface area (Å²) in [5, 5.41) is 0. The zero-order valence-corrected chi connectivity index (χ0v) is 11.3. The van der Waals surface area contributed by atoms with Crippen molar-refractivity contribution in [2.24, 2.45) is 0 Å². The SMILES string of the molecule is CCCc1nc(Br)cc(-c2cccc(F)c2F)n1. The van der Waals surface area contributed by atoms with Crippen molar-refractivity contribution >= 4 is 15.9 Å². The third kappa shape index (κ3) is 2.72. The topological polar surface area (TPSA) is 25.8 Å². The Balaban J connectivity index is 2.53. The van der Waals surface area contributed by atoms with Crippen LogP contribution in [-0.2, 0) is 6.42 Å². The normalized spacial score (nSPS) is 10.7. The lowest BCUT2D eigenvalue weighted by Gasteiger charge is -2.06. The van der Waals surface area contributed by atoms with Gasteiger partial charge < -0.3 is 0 Å². The number of halogens is 3. The Hall–Kier alpha value is -1.36. The van der Waals surface area contributed by atoms with Gasteiger partial charge in [0.05, 0.1) is 5.69 Å². The van der Waals surface area contributed by atoms with Gasteiger partial charge in [-0.2, -0.15) is 0 Å². The van der Waals surface area contributed by atoms with Crippen molar-refractivity contribution < 1.29 is 8.78 Å². The molecule has 0 saturated heterocycles. The van der Waals surface area contributed by atoms with E-state index in [9.17, 15) is 8.78 Å². The molecule has 18 heavy (non-hydrogen) atoms. The molecule has 0 amide bonds. The molecule has 0 aliphatic carbocycles. The number of hydrogen-bond acceptors (Lipinski definition) is 2. The number of benzene rings is 1. The molecule has 0 spiro atoms. The summed E-state index contributed by atoms with van der Waals surface area (Å²) in [4.78, 5) is 8.44. The van der Waals surface area contributed by atoms with Gasteiger partial charge in [-0.05, 0) is 40.5 Å². The Morgan fingerprint density at radius 1 is 1.22 bits per heavy atom. The molecule has 1 aromatic carbocycles. The van der Waals surface area contributed by atoms with E-state index in [-0.39, 0.29) is 5.56 Å². The largest absolute Gasteiger partial charge is 0.233 e. The predicted octanol–water partition coefficient (Wildman–Crippen LogP) is 4.14. The minimum absolute atomic E-state index is 0.149. The molecule has 0 aliphatic rings. The van der Waals surface area contributed by atoms with E-state index in [0.717, 1.165) is 12.5 Å². The molecule has 0 fully saturated rings. The molecule has 1 heterocycles. The molecule has 0 unspecified atom stereocenters. The lowest BCUT2D eigenvalue weighted by atomic mass is 10.1. The quantitative estimate of drug-likeness (QED) is 0.796. The standard InChI is InChI=1S/C13H11BrF2N2/c1-2-4-12-17-10(7-11(14)18-12)8-5-3-6-9(15)13(8)16/h3,5-7H,2,4H2,1H3. The molecule has 0 bridgehead atoms. The molecule has 0 saturated carbocycles. The molecule has 0 atom stereocenters. The second-order valence-corrected chi connectivity index (χ2v) is 4.66. The lowest BCUT2D eigenvalue weighted by molar-refractivity contribution is 0.511. The number of rotatable bonds is 3. The second-order valence-electron chi connectivity index (χ2n) is 3.84. The van der Waals surface area contributed by atoms with Gasteiger partial charge in [-0.1, -0.05) is 13.0 Å². The van der Waals surface area contributed by atoms with Crippen LogP contribution in [0.5, 0.6) is 0 Å². The fraction of sp³-hybridized carbons (Fsp3) is 0.231. The van der Waals surface area contributed by atoms with Crippen LogP contribution in [0.4, 0.5) is 8.78 Å². The number of aryl methyl sites for hydroxylation is 1. The van der Waals surface area contributed by atoms with Gasteiger partial charge in [0.2, 0.25) is 0 Å². The minimum Gasteiger partial charge on any atom is -0.233 e. The van der Waals surface area contributed by atoms with Crippen LogP contribution in [0.2, 0.25) is 0 Å². The Kier molecular flexibility index (Phi) is 4.01. The van der Waals surface area contributed by atoms with Crippen molar-refractivity contribution in [1.29, 1.82) is 0 Å². The maximum absolute atomic E-state index is 13.7. The van der Waals surface area contributed by atoms with E-state index in [1.54, 1.807) is 6.07 Å². The zero-order chi connectivity index (χ0) is 13.1. The molecular weight excluding hydrogens is 302 g/mol. The minimum atomic E-state index is -0.884. The molecule has 0 N–H and O–H groups in total. The van der Waals surface area contributed by atoms with Crippen LogP contribution in [0.25, 0.3) is 11.3 Å². The third-order valence-corrected chi connectivity index (χ3v) is 2.85. The molecule has 2 nitrogen and oxygen atoms in total. The zero-order valence-electron chi connectivity index (χ0n) is 9.75. The van der Waals surface area contributed by atoms with Crippen molar-refractivity contribution in [2.75, 3.05) is 0 Å². The van der Waals surface area contributed by atoms with Crippen LogP contribution in [0.15, 0.2) is 28.9 Å². The highest BCUT2D eigenvalue weighted by Gasteiger charge is 2.12. The van der Waals surface area contributed by atoms with Crippen LogP contribution < -0.4 is 0 Å². The fourth-order valence-electron chi connectivity index (χ4n) is 1.64. The summed E-state index contributed by atoms with van der Waals surface area (Å²) in [5.74, 6) is -1.14. The molecule has 5 heteroatoms. The number of aromatic nitrogens is 2. The first-order chi connectivity index (χ1) is 8.61. The molecule has 2 rings (SSSR count). The predicted molar refractivity (Wildman–Crippen MR) is 69.1 cm³/mol. The van der Waals surface area contributed by atoms with Gasteiger partial charge in [-0.3, -0.25) is 0 Å². The van der Waals surface area contributed by atoms with Crippen molar-refractivity contribution in [3.05, 3.63) is 46.3 Å². The fourth-order valence-corrected chi connectivity index (χ4v) is 2.06. The molecule has 1 aromatic heterocycles. The highest BCUT2D eigenvalue weighted by molar-refractivity contribution is 9.10. The molecule has 0 radical (unpaired) electrons. The van der Waals surface area contributed by atoms with Crippen LogP contribution in [0.3, 0.4) is 0 Å². The summed E-state index contributed by atoms with van der Waals surface area (Å²) >= 11 is 3.26. The Morgan fingerprint density at radius 2 is 2.00 bits per heavy atom. The lowest BCUT2D eigenvalue weighted by Crippen LogP contribution is -1.99. The Labute approximate surface area is 112 Å². The monoisotopic (exact) mass is 312 g/mol. The van der Waals surface area contributed by atoms with E-state index in [1.807, 2.05) is 6.92 Å². The van der Waals surface area contributed by atoms with Crippen LogP contribution >= 0.6 is 15.9 Å². The van der Waals surface area contributed by atoms with Gasteiger partial charge in [-0.15, -0.1) is 0 Å². The highest BCUT2D eigenvalue weighted by Crippen LogP contribution is 2.24. The third-order valence-electron chi connectivity index (χ3n) is 2.44. The van der Waals surface area contributed by atoms with E-state index in [4.69, 9.17) is 0 Å². The van der Waals surface area contributed by atoms with Crippen LogP contribution in [0, 0.1) is 11.6 Å². The van der Waals surface area contributed by atoms with Gasteiger partial charge in [-0.25, -0.2) is 18.7 Å². The van der Waals surface area contributed by atoms with Gasteiger partial charge in [0.15, 0.2) is 11.6 Å². The van der Waals surface area contributed by atoms with E-state index < -0.39 is 11.6 Å². The first-order valence-electron chi connectivity index (χ1n) is 5.59. The molecule has 0 aliphatic heterocycles. The molecule has 2 aromatic rings. The van der Waals surface area contributed by atoms with E-state index in [2.05, 4.69) is 25.9 Å². The average molecular weight is 313 g/mol. The summed E-state index contributed by atoms with van der Waals surface area (Å²) in [5.41, 5.74) is 0.535. The van der Waals surface area contributed by atoms with E-state index >= 15 is 0 Å². The van der Waals surface area contributed by atoms with Crippen molar-refractivity contribution in [3.8, 4) is 11.3 Å². The maximum Gasteiger partial charge on any atom is 0.168 e. The summed E-state index contributed by atoms with van der Waals surface area (Å²) in [6.45, 7) is 2.01. The van der Waals surface area contributed by atoms with Crippen molar-refractivity contribution in [3.63, 3.8) is 0 Å². The summed E-state index contributed by atoms with van der Waals surface area (Å²) < 4.78 is 27.4. The first-order valence-corrected chi connectivity index (χ1v) is 6.39. The highest BCUT2D eigenvalue weighted by atomic mass is 79.9. The van der Waals surface area contributed by atoms with Gasteiger partial charge in [0.1, 0.15) is 10.4 Å². The smallest absolute Gasteiger partial charge is 0.168 e. The first kappa shape index (κ1) is 13.1. The van der Waals surface area contributed by atoms with Crippen LogP contribution in [-0.4, -0.2) is 9.97 Å². The molecular formula is C13H11BrF2N2. The number of nitrogens with zero attached hydrogens (tertiary/aromatic N) is 2. The maximum atomic E-state index is 13.7. The van der Waals surface area contributed by atoms with Crippen molar-refractivity contribution in [1.82, 2.24) is 9.97 Å². The van der Waals surface area contributed by atoms with Gasteiger partial charge >= 0.3 is 0 Å².